The highest BCUT2D eigenvalue weighted by Gasteiger charge is 2.21. The van der Waals surface area contributed by atoms with E-state index in [1.54, 1.807) is 25.3 Å². The van der Waals surface area contributed by atoms with Crippen LogP contribution in [0.1, 0.15) is 16.1 Å². The lowest BCUT2D eigenvalue weighted by molar-refractivity contribution is 0.0977. The van der Waals surface area contributed by atoms with E-state index in [9.17, 15) is 18.5 Å². The van der Waals surface area contributed by atoms with E-state index in [0.29, 0.717) is 33.7 Å². The number of ether oxygens (including phenoxy) is 2. The largest absolute Gasteiger partial charge is 0.497 e. The average molecular weight is 477 g/mol. The van der Waals surface area contributed by atoms with E-state index in [-0.39, 0.29) is 10.6 Å². The molecule has 0 atom stereocenters. The second-order valence-corrected chi connectivity index (χ2v) is 8.89. The van der Waals surface area contributed by atoms with Crippen molar-refractivity contribution in [2.45, 2.75) is 4.90 Å². The normalized spacial score (nSPS) is 11.0. The van der Waals surface area contributed by atoms with E-state index in [4.69, 9.17) is 9.47 Å². The Morgan fingerprint density at radius 3 is 2.38 bits per heavy atom. The highest BCUT2D eigenvalue weighted by molar-refractivity contribution is 7.90. The molecule has 1 heterocycles. The van der Waals surface area contributed by atoms with Crippen LogP contribution in [0.2, 0.25) is 0 Å². The number of nitrogens with zero attached hydrogens (tertiary/aromatic N) is 1. The van der Waals surface area contributed by atoms with Gasteiger partial charge in [0, 0.05) is 22.8 Å². The van der Waals surface area contributed by atoms with Crippen LogP contribution in [-0.4, -0.2) is 33.5 Å². The summed E-state index contributed by atoms with van der Waals surface area (Å²) in [7, 11) is -1.09. The van der Waals surface area contributed by atoms with Crippen LogP contribution in [0.4, 0.5) is 11.4 Å². The molecule has 4 aromatic rings. The molecule has 4 rings (SSSR count). The van der Waals surface area contributed by atoms with Gasteiger partial charge in [-0.3, -0.25) is 4.79 Å². The summed E-state index contributed by atoms with van der Waals surface area (Å²) in [6.45, 7) is 0. The Labute approximate surface area is 196 Å². The quantitative estimate of drug-likeness (QED) is 0.368. The topological polar surface area (TPSA) is 133 Å². The number of aromatic nitrogens is 1. The number of nitrogens with one attached hydrogen (secondary N) is 3. The maximum Gasteiger partial charge on any atom is 0.281 e. The number of anilines is 2. The fourth-order valence-electron chi connectivity index (χ4n) is 3.39. The summed E-state index contributed by atoms with van der Waals surface area (Å²) in [5, 5.41) is 13.3. The van der Waals surface area contributed by atoms with Crippen LogP contribution >= 0.6 is 0 Å². The number of fused-ring (bicyclic) bond motifs is 1. The number of methoxy groups -OCH3 is 2. The molecule has 0 saturated carbocycles. The molecular weight excluding hydrogens is 456 g/mol. The van der Waals surface area contributed by atoms with Gasteiger partial charge in [0.15, 0.2) is 0 Å². The molecule has 0 bridgehead atoms. The van der Waals surface area contributed by atoms with Crippen LogP contribution < -0.4 is 19.5 Å². The van der Waals surface area contributed by atoms with Crippen molar-refractivity contribution >= 4 is 38.2 Å². The fraction of sp³-hybridized carbons (Fsp3) is 0.0833. The molecule has 0 radical (unpaired) electrons. The van der Waals surface area contributed by atoms with Crippen molar-refractivity contribution in [3.63, 3.8) is 0 Å². The van der Waals surface area contributed by atoms with Crippen molar-refractivity contribution in [2.24, 2.45) is 0 Å². The molecule has 0 unspecified atom stereocenters. The molecule has 3 N–H and O–H groups in total. The van der Waals surface area contributed by atoms with E-state index in [1.807, 2.05) is 18.2 Å². The summed E-state index contributed by atoms with van der Waals surface area (Å²) < 4.78 is 37.6. The first-order valence-corrected chi connectivity index (χ1v) is 11.5. The van der Waals surface area contributed by atoms with Crippen LogP contribution in [0, 0.1) is 11.3 Å². The third kappa shape index (κ3) is 4.51. The SMILES string of the molecule is COc1ccc(S(=O)(=O)NC(=O)c2cc3c(Nc4cccc(OC)c4)ccc(C#N)c3[nH]2)cc1. The van der Waals surface area contributed by atoms with Gasteiger partial charge in [-0.05, 0) is 54.6 Å². The molecule has 172 valence electrons. The van der Waals surface area contributed by atoms with Gasteiger partial charge in [0.25, 0.3) is 15.9 Å². The Bertz CT molecular complexity index is 1520. The highest BCUT2D eigenvalue weighted by Crippen LogP contribution is 2.31. The Kier molecular flexibility index (Phi) is 6.12. The molecule has 10 heteroatoms. The van der Waals surface area contributed by atoms with E-state index in [2.05, 4.69) is 21.1 Å². The van der Waals surface area contributed by atoms with Crippen molar-refractivity contribution in [3.8, 4) is 17.6 Å². The number of sulfonamides is 1. The number of nitriles is 1. The van der Waals surface area contributed by atoms with Crippen molar-refractivity contribution in [1.82, 2.24) is 9.71 Å². The van der Waals surface area contributed by atoms with Crippen LogP contribution in [-0.2, 0) is 10.0 Å². The second-order valence-electron chi connectivity index (χ2n) is 7.21. The number of aromatic amines is 1. The van der Waals surface area contributed by atoms with Crippen LogP contribution in [0.15, 0.2) is 71.6 Å². The highest BCUT2D eigenvalue weighted by atomic mass is 32.2. The summed E-state index contributed by atoms with van der Waals surface area (Å²) in [6, 6.07) is 19.8. The maximum absolute atomic E-state index is 12.8. The van der Waals surface area contributed by atoms with E-state index >= 15 is 0 Å². The van der Waals surface area contributed by atoms with Crippen LogP contribution in [0.5, 0.6) is 11.5 Å². The van der Waals surface area contributed by atoms with Crippen LogP contribution in [0.3, 0.4) is 0 Å². The van der Waals surface area contributed by atoms with Crippen molar-refractivity contribution < 1.29 is 22.7 Å². The number of carbonyl (C=O) groups excluding carboxylic acids is 1. The standard InChI is InChI=1S/C24H20N4O5S/c1-32-17-7-9-19(10-8-17)34(30,31)28-24(29)22-13-20-21(11-6-15(14-25)23(20)27-22)26-16-4-3-5-18(12-16)33-2/h3-13,26-27H,1-2H3,(H,28,29). The Morgan fingerprint density at radius 1 is 0.971 bits per heavy atom. The van der Waals surface area contributed by atoms with Gasteiger partial charge in [-0.25, -0.2) is 13.1 Å². The van der Waals surface area contributed by atoms with Gasteiger partial charge in [-0.1, -0.05) is 6.07 Å². The number of hydrogen-bond donors (Lipinski definition) is 3. The van der Waals surface area contributed by atoms with Gasteiger partial charge in [0.05, 0.1) is 30.2 Å². The molecule has 1 aromatic heterocycles. The number of H-pyrrole nitrogens is 1. The van der Waals surface area contributed by atoms with E-state index < -0.39 is 15.9 Å². The summed E-state index contributed by atoms with van der Waals surface area (Å²) in [6.07, 6.45) is 0. The molecule has 0 aliphatic rings. The predicted molar refractivity (Wildman–Crippen MR) is 127 cm³/mol. The number of hydrogen-bond acceptors (Lipinski definition) is 7. The van der Waals surface area contributed by atoms with E-state index in [0.717, 1.165) is 5.69 Å². The van der Waals surface area contributed by atoms with E-state index in [1.165, 1.54) is 37.4 Å². The third-order valence-corrected chi connectivity index (χ3v) is 6.45. The van der Waals surface area contributed by atoms with Gasteiger partial charge in [-0.15, -0.1) is 0 Å². The van der Waals surface area contributed by atoms with Crippen molar-refractivity contribution in [3.05, 3.63) is 78.0 Å². The molecule has 0 spiro atoms. The first-order valence-electron chi connectivity index (χ1n) is 10.0. The minimum atomic E-state index is -4.12. The van der Waals surface area contributed by atoms with Gasteiger partial charge < -0.3 is 19.8 Å². The summed E-state index contributed by atoms with van der Waals surface area (Å²) in [4.78, 5) is 15.6. The zero-order chi connectivity index (χ0) is 24.3. The number of amides is 1. The van der Waals surface area contributed by atoms with Crippen LogP contribution in [0.25, 0.3) is 10.9 Å². The summed E-state index contributed by atoms with van der Waals surface area (Å²) >= 11 is 0. The minimum absolute atomic E-state index is 0.0107. The average Bonchev–Trinajstić information content (AvgIpc) is 3.30. The van der Waals surface area contributed by atoms with Crippen molar-refractivity contribution in [2.75, 3.05) is 19.5 Å². The molecular formula is C24H20N4O5S. The van der Waals surface area contributed by atoms with Crippen molar-refractivity contribution in [1.29, 1.82) is 5.26 Å². The monoisotopic (exact) mass is 476 g/mol. The predicted octanol–water partition coefficient (Wildman–Crippen LogP) is 3.92. The molecule has 0 fully saturated rings. The van der Waals surface area contributed by atoms with Gasteiger partial charge in [-0.2, -0.15) is 5.26 Å². The third-order valence-electron chi connectivity index (χ3n) is 5.10. The Balaban J connectivity index is 1.67. The first-order chi connectivity index (χ1) is 16.3. The molecule has 0 aliphatic heterocycles. The lowest BCUT2D eigenvalue weighted by Crippen LogP contribution is -2.30. The Morgan fingerprint density at radius 2 is 1.71 bits per heavy atom. The maximum atomic E-state index is 12.8. The molecule has 9 nitrogen and oxygen atoms in total. The molecule has 34 heavy (non-hydrogen) atoms. The fourth-order valence-corrected chi connectivity index (χ4v) is 4.36. The van der Waals surface area contributed by atoms with Gasteiger partial charge in [0.2, 0.25) is 0 Å². The lowest BCUT2D eigenvalue weighted by atomic mass is 10.1. The zero-order valence-corrected chi connectivity index (χ0v) is 19.1. The lowest BCUT2D eigenvalue weighted by Gasteiger charge is -2.09. The Hall–Kier alpha value is -4.49. The zero-order valence-electron chi connectivity index (χ0n) is 18.2. The smallest absolute Gasteiger partial charge is 0.281 e. The minimum Gasteiger partial charge on any atom is -0.497 e. The number of benzene rings is 3. The molecule has 1 amide bonds. The summed E-state index contributed by atoms with van der Waals surface area (Å²) in [5.74, 6) is 0.289. The number of carbonyl (C=O) groups is 1. The second kappa shape index (κ2) is 9.17. The summed E-state index contributed by atoms with van der Waals surface area (Å²) in [5.41, 5.74) is 2.06. The van der Waals surface area contributed by atoms with Gasteiger partial charge in [0.1, 0.15) is 23.3 Å². The molecule has 3 aromatic carbocycles. The molecule has 0 saturated heterocycles. The first kappa shape index (κ1) is 22.7. The number of rotatable bonds is 7. The van der Waals surface area contributed by atoms with Gasteiger partial charge >= 0.3 is 0 Å². The molecule has 0 aliphatic carbocycles.